The monoisotopic (exact) mass is 354 g/mol. The second-order valence-electron chi connectivity index (χ2n) is 5.61. The molecule has 7 heteroatoms. The lowest BCUT2D eigenvalue weighted by Crippen LogP contribution is -2.24. The van der Waals surface area contributed by atoms with Crippen LogP contribution >= 0.6 is 11.6 Å². The minimum absolute atomic E-state index is 0.123. The zero-order valence-corrected chi connectivity index (χ0v) is 14.3. The molecule has 0 atom stereocenters. The van der Waals surface area contributed by atoms with Gasteiger partial charge in [-0.05, 0) is 18.2 Å². The highest BCUT2D eigenvalue weighted by Crippen LogP contribution is 2.21. The van der Waals surface area contributed by atoms with Crippen LogP contribution in [-0.4, -0.2) is 26.3 Å². The van der Waals surface area contributed by atoms with E-state index < -0.39 is 0 Å². The van der Waals surface area contributed by atoms with Crippen molar-refractivity contribution >= 4 is 28.3 Å². The van der Waals surface area contributed by atoms with E-state index in [1.165, 1.54) is 0 Å². The molecule has 0 aliphatic heterocycles. The summed E-state index contributed by atoms with van der Waals surface area (Å²) in [6, 6.07) is 15.0. The van der Waals surface area contributed by atoms with Gasteiger partial charge in [0.15, 0.2) is 5.82 Å². The largest absolute Gasteiger partial charge is 0.496 e. The number of halogens is 1. The zero-order chi connectivity index (χ0) is 17.4. The average Bonchev–Trinajstić information content (AvgIpc) is 3.09. The summed E-state index contributed by atoms with van der Waals surface area (Å²) in [6.07, 6.45) is 0. The van der Waals surface area contributed by atoms with Gasteiger partial charge in [0.25, 0.3) is 5.56 Å². The first-order valence-electron chi connectivity index (χ1n) is 7.78. The Labute approximate surface area is 148 Å². The molecular formula is C18H15ClN4O2. The fraction of sp³-hybridized carbons (Fsp3) is 0.167. The number of rotatable bonds is 4. The standard InChI is InChI=1S/C18H15ClN4O2/c1-25-15-9-5-2-6-12(15)11-22-17(24)13-7-3-4-8-14(13)23-16(10-19)20-21-18(22)23/h2-9H,10-11H2,1H3. The Kier molecular flexibility index (Phi) is 3.89. The van der Waals surface area contributed by atoms with Crippen molar-refractivity contribution in [3.63, 3.8) is 0 Å². The fourth-order valence-corrected chi connectivity index (χ4v) is 3.22. The van der Waals surface area contributed by atoms with E-state index in [1.807, 2.05) is 46.9 Å². The van der Waals surface area contributed by atoms with Crippen LogP contribution in [0.2, 0.25) is 0 Å². The minimum Gasteiger partial charge on any atom is -0.496 e. The van der Waals surface area contributed by atoms with Crippen LogP contribution in [-0.2, 0) is 12.4 Å². The highest BCUT2D eigenvalue weighted by molar-refractivity contribution is 6.16. The lowest BCUT2D eigenvalue weighted by atomic mass is 10.2. The van der Waals surface area contributed by atoms with Crippen LogP contribution in [0.5, 0.6) is 5.75 Å². The van der Waals surface area contributed by atoms with Crippen molar-refractivity contribution in [2.24, 2.45) is 0 Å². The summed E-state index contributed by atoms with van der Waals surface area (Å²) < 4.78 is 8.84. The number of nitrogens with zero attached hydrogens (tertiary/aromatic N) is 4. The summed E-state index contributed by atoms with van der Waals surface area (Å²) in [5.41, 5.74) is 1.52. The predicted molar refractivity (Wildman–Crippen MR) is 96.4 cm³/mol. The van der Waals surface area contributed by atoms with Crippen LogP contribution in [0.1, 0.15) is 11.4 Å². The quantitative estimate of drug-likeness (QED) is 0.529. The van der Waals surface area contributed by atoms with E-state index >= 15 is 0 Å². The van der Waals surface area contributed by atoms with E-state index in [0.29, 0.717) is 23.5 Å². The van der Waals surface area contributed by atoms with Gasteiger partial charge in [0, 0.05) is 5.56 Å². The van der Waals surface area contributed by atoms with Crippen LogP contribution in [0.25, 0.3) is 16.7 Å². The van der Waals surface area contributed by atoms with E-state index in [2.05, 4.69) is 10.2 Å². The van der Waals surface area contributed by atoms with Gasteiger partial charge in [-0.25, -0.2) is 0 Å². The van der Waals surface area contributed by atoms with Crippen LogP contribution in [0.3, 0.4) is 0 Å². The van der Waals surface area contributed by atoms with E-state index in [4.69, 9.17) is 16.3 Å². The molecule has 0 saturated heterocycles. The Morgan fingerprint density at radius 1 is 1.08 bits per heavy atom. The molecule has 0 amide bonds. The number of para-hydroxylation sites is 2. The van der Waals surface area contributed by atoms with Crippen molar-refractivity contribution in [2.45, 2.75) is 12.4 Å². The Hall–Kier alpha value is -2.86. The van der Waals surface area contributed by atoms with E-state index in [1.54, 1.807) is 17.7 Å². The number of alkyl halides is 1. The van der Waals surface area contributed by atoms with Gasteiger partial charge in [0.2, 0.25) is 5.78 Å². The Bertz CT molecular complexity index is 1130. The number of aromatic nitrogens is 4. The molecule has 0 bridgehead atoms. The molecular weight excluding hydrogens is 340 g/mol. The SMILES string of the molecule is COc1ccccc1Cn1c(=O)c2ccccc2n2c(CCl)nnc12. The summed E-state index contributed by atoms with van der Waals surface area (Å²) in [7, 11) is 1.61. The van der Waals surface area contributed by atoms with Crippen LogP contribution in [0, 0.1) is 0 Å². The van der Waals surface area contributed by atoms with Crippen molar-refractivity contribution in [3.05, 3.63) is 70.3 Å². The number of hydrogen-bond acceptors (Lipinski definition) is 4. The molecule has 0 aliphatic carbocycles. The number of ether oxygens (including phenoxy) is 1. The molecule has 0 radical (unpaired) electrons. The zero-order valence-electron chi connectivity index (χ0n) is 13.5. The van der Waals surface area contributed by atoms with Gasteiger partial charge < -0.3 is 4.74 Å². The highest BCUT2D eigenvalue weighted by Gasteiger charge is 2.17. The van der Waals surface area contributed by atoms with Crippen molar-refractivity contribution in [3.8, 4) is 5.75 Å². The van der Waals surface area contributed by atoms with Crippen molar-refractivity contribution in [1.29, 1.82) is 0 Å². The first kappa shape index (κ1) is 15.7. The molecule has 25 heavy (non-hydrogen) atoms. The molecule has 2 aromatic heterocycles. The van der Waals surface area contributed by atoms with Crippen LogP contribution < -0.4 is 10.3 Å². The summed E-state index contributed by atoms with van der Waals surface area (Å²) in [5, 5.41) is 8.94. The van der Waals surface area contributed by atoms with Gasteiger partial charge in [-0.3, -0.25) is 13.8 Å². The summed E-state index contributed by atoms with van der Waals surface area (Å²) in [5.74, 6) is 1.99. The summed E-state index contributed by atoms with van der Waals surface area (Å²) in [6.45, 7) is 0.331. The first-order chi connectivity index (χ1) is 12.2. The van der Waals surface area contributed by atoms with E-state index in [0.717, 1.165) is 16.8 Å². The lowest BCUT2D eigenvalue weighted by molar-refractivity contribution is 0.408. The Morgan fingerprint density at radius 2 is 1.84 bits per heavy atom. The van der Waals surface area contributed by atoms with Gasteiger partial charge in [0.05, 0.1) is 30.4 Å². The lowest BCUT2D eigenvalue weighted by Gasteiger charge is -2.13. The molecule has 126 valence electrons. The normalized spacial score (nSPS) is 11.3. The van der Waals surface area contributed by atoms with Crippen molar-refractivity contribution in [2.75, 3.05) is 7.11 Å². The average molecular weight is 355 g/mol. The molecule has 2 heterocycles. The Morgan fingerprint density at radius 3 is 2.64 bits per heavy atom. The third kappa shape index (κ3) is 2.46. The third-order valence-corrected chi connectivity index (χ3v) is 4.45. The van der Waals surface area contributed by atoms with Gasteiger partial charge >= 0.3 is 0 Å². The highest BCUT2D eigenvalue weighted by atomic mass is 35.5. The van der Waals surface area contributed by atoms with Gasteiger partial charge in [-0.2, -0.15) is 0 Å². The maximum absolute atomic E-state index is 13.1. The molecule has 6 nitrogen and oxygen atoms in total. The van der Waals surface area contributed by atoms with Crippen molar-refractivity contribution < 1.29 is 4.74 Å². The van der Waals surface area contributed by atoms with E-state index in [-0.39, 0.29) is 11.4 Å². The van der Waals surface area contributed by atoms with Crippen molar-refractivity contribution in [1.82, 2.24) is 19.2 Å². The smallest absolute Gasteiger partial charge is 0.263 e. The Balaban J connectivity index is 2.04. The molecule has 4 aromatic rings. The molecule has 4 rings (SSSR count). The number of hydrogen-bond donors (Lipinski definition) is 0. The summed E-state index contributed by atoms with van der Waals surface area (Å²) >= 11 is 6.02. The fourth-order valence-electron chi connectivity index (χ4n) is 3.05. The second kappa shape index (κ2) is 6.22. The van der Waals surface area contributed by atoms with Crippen LogP contribution in [0.15, 0.2) is 53.3 Å². The first-order valence-corrected chi connectivity index (χ1v) is 8.31. The third-order valence-electron chi connectivity index (χ3n) is 4.22. The van der Waals surface area contributed by atoms with Gasteiger partial charge in [-0.1, -0.05) is 30.3 Å². The minimum atomic E-state index is -0.123. The topological polar surface area (TPSA) is 61.4 Å². The number of benzene rings is 2. The molecule has 0 N–H and O–H groups in total. The number of methoxy groups -OCH3 is 1. The maximum atomic E-state index is 13.1. The van der Waals surface area contributed by atoms with Crippen LogP contribution in [0.4, 0.5) is 0 Å². The molecule has 0 saturated carbocycles. The maximum Gasteiger partial charge on any atom is 0.263 e. The molecule has 0 unspecified atom stereocenters. The number of fused-ring (bicyclic) bond motifs is 3. The van der Waals surface area contributed by atoms with E-state index in [9.17, 15) is 4.79 Å². The van der Waals surface area contributed by atoms with Gasteiger partial charge in [0.1, 0.15) is 5.75 Å². The molecule has 0 spiro atoms. The predicted octanol–water partition coefficient (Wildman–Crippen LogP) is 2.84. The molecule has 0 fully saturated rings. The molecule has 0 aliphatic rings. The molecule has 2 aromatic carbocycles. The van der Waals surface area contributed by atoms with Gasteiger partial charge in [-0.15, -0.1) is 21.8 Å². The second-order valence-corrected chi connectivity index (χ2v) is 5.87. The summed E-state index contributed by atoms with van der Waals surface area (Å²) in [4.78, 5) is 13.1.